The summed E-state index contributed by atoms with van der Waals surface area (Å²) in [6.45, 7) is 0.685. The van der Waals surface area contributed by atoms with Crippen molar-refractivity contribution in [2.24, 2.45) is 0 Å². The lowest BCUT2D eigenvalue weighted by Gasteiger charge is -2.26. The Morgan fingerprint density at radius 1 is 1.52 bits per heavy atom. The highest BCUT2D eigenvalue weighted by atomic mass is 79.9. The van der Waals surface area contributed by atoms with Crippen LogP contribution in [-0.4, -0.2) is 34.6 Å². The highest BCUT2D eigenvalue weighted by molar-refractivity contribution is 9.10. The van der Waals surface area contributed by atoms with E-state index in [2.05, 4.69) is 42.6 Å². The Bertz CT molecular complexity index is 753. The first-order valence-corrected chi connectivity index (χ1v) is 9.97. The van der Waals surface area contributed by atoms with Crippen LogP contribution >= 0.6 is 39.5 Å². The molecule has 25 heavy (non-hydrogen) atoms. The molecule has 0 spiro atoms. The van der Waals surface area contributed by atoms with Gasteiger partial charge in [0.05, 0.1) is 24.9 Å². The van der Waals surface area contributed by atoms with Crippen LogP contribution in [0.15, 0.2) is 40.3 Å². The summed E-state index contributed by atoms with van der Waals surface area (Å²) in [6, 6.07) is 8.05. The van der Waals surface area contributed by atoms with E-state index < -0.39 is 0 Å². The smallest absolute Gasteiger partial charge is 0.305 e. The van der Waals surface area contributed by atoms with Crippen LogP contribution in [0, 0.1) is 0 Å². The van der Waals surface area contributed by atoms with Crippen molar-refractivity contribution in [3.8, 4) is 0 Å². The van der Waals surface area contributed by atoms with E-state index in [4.69, 9.17) is 17.0 Å². The highest BCUT2D eigenvalue weighted by Gasteiger charge is 2.40. The second-order valence-corrected chi connectivity index (χ2v) is 7.91. The van der Waals surface area contributed by atoms with Crippen LogP contribution in [0.2, 0.25) is 0 Å². The summed E-state index contributed by atoms with van der Waals surface area (Å²) in [5.74, 6) is -0.199. The van der Waals surface area contributed by atoms with Crippen LogP contribution in [0.5, 0.6) is 0 Å². The number of nitrogens with zero attached hydrogens (tertiary/aromatic N) is 2. The largest absolute Gasteiger partial charge is 0.469 e. The standard InChI is InChI=1S/C17H18BrN3O2S2/c1-23-14(22)6-4-8-21-16(13-9-11(18)10-25-13)15(20-17(21)24)12-5-2-3-7-19-12/h2-3,5,7,9-10,15-16H,4,6,8H2,1H3,(H,20,24). The number of thiocarbonyl (C=S) groups is 1. The molecule has 2 atom stereocenters. The fraction of sp³-hybridized carbons (Fsp3) is 0.353. The van der Waals surface area contributed by atoms with Crippen molar-refractivity contribution in [1.82, 2.24) is 15.2 Å². The monoisotopic (exact) mass is 439 g/mol. The van der Waals surface area contributed by atoms with E-state index in [-0.39, 0.29) is 18.1 Å². The molecule has 0 radical (unpaired) electrons. The van der Waals surface area contributed by atoms with Gasteiger partial charge in [-0.2, -0.15) is 0 Å². The van der Waals surface area contributed by atoms with E-state index in [1.165, 1.54) is 12.0 Å². The Hall–Kier alpha value is -1.51. The quantitative estimate of drug-likeness (QED) is 0.545. The summed E-state index contributed by atoms with van der Waals surface area (Å²) < 4.78 is 5.78. The maximum atomic E-state index is 11.4. The molecule has 0 aromatic carbocycles. The number of hydrogen-bond donors (Lipinski definition) is 1. The minimum absolute atomic E-state index is 0.0163. The highest BCUT2D eigenvalue weighted by Crippen LogP contribution is 2.41. The first-order valence-electron chi connectivity index (χ1n) is 7.89. The molecule has 2 aromatic rings. The zero-order valence-electron chi connectivity index (χ0n) is 13.6. The van der Waals surface area contributed by atoms with Gasteiger partial charge in [0.15, 0.2) is 5.11 Å². The molecule has 1 aliphatic heterocycles. The molecule has 8 heteroatoms. The summed E-state index contributed by atoms with van der Waals surface area (Å²) >= 11 is 10.8. The fourth-order valence-electron chi connectivity index (χ4n) is 2.93. The van der Waals surface area contributed by atoms with Crippen molar-refractivity contribution in [1.29, 1.82) is 0 Å². The van der Waals surface area contributed by atoms with Crippen LogP contribution in [0.3, 0.4) is 0 Å². The topological polar surface area (TPSA) is 54.5 Å². The van der Waals surface area contributed by atoms with Gasteiger partial charge >= 0.3 is 5.97 Å². The van der Waals surface area contributed by atoms with E-state index in [9.17, 15) is 4.79 Å². The number of halogens is 1. The second-order valence-electron chi connectivity index (χ2n) is 5.67. The van der Waals surface area contributed by atoms with Crippen LogP contribution < -0.4 is 5.32 Å². The fourth-order valence-corrected chi connectivity index (χ4v) is 4.86. The minimum atomic E-state index is -0.199. The van der Waals surface area contributed by atoms with Gasteiger partial charge < -0.3 is 15.0 Å². The number of carbonyl (C=O) groups excluding carboxylic acids is 1. The molecule has 5 nitrogen and oxygen atoms in total. The molecule has 3 heterocycles. The molecule has 2 unspecified atom stereocenters. The van der Waals surface area contributed by atoms with E-state index in [0.717, 1.165) is 10.2 Å². The number of pyridine rings is 1. The van der Waals surface area contributed by atoms with Gasteiger partial charge in [0, 0.05) is 33.9 Å². The number of esters is 1. The summed E-state index contributed by atoms with van der Waals surface area (Å²) in [7, 11) is 1.41. The van der Waals surface area contributed by atoms with Gasteiger partial charge in [0.1, 0.15) is 0 Å². The Morgan fingerprint density at radius 3 is 3.00 bits per heavy atom. The lowest BCUT2D eigenvalue weighted by atomic mass is 10.0. The second kappa shape index (κ2) is 8.25. The minimum Gasteiger partial charge on any atom is -0.469 e. The summed E-state index contributed by atoms with van der Waals surface area (Å²) in [4.78, 5) is 19.3. The summed E-state index contributed by atoms with van der Waals surface area (Å²) in [5, 5.41) is 6.16. The maximum Gasteiger partial charge on any atom is 0.305 e. The van der Waals surface area contributed by atoms with E-state index in [1.807, 2.05) is 18.2 Å². The number of rotatable bonds is 6. The molecule has 1 N–H and O–H groups in total. The summed E-state index contributed by atoms with van der Waals surface area (Å²) in [6.07, 6.45) is 2.86. The third kappa shape index (κ3) is 4.19. The molecule has 1 fully saturated rings. The Balaban J connectivity index is 1.85. The zero-order valence-corrected chi connectivity index (χ0v) is 16.9. The predicted octanol–water partition coefficient (Wildman–Crippen LogP) is 3.83. The molecule has 1 saturated heterocycles. The van der Waals surface area contributed by atoms with Crippen molar-refractivity contribution in [2.75, 3.05) is 13.7 Å². The van der Waals surface area contributed by atoms with Gasteiger partial charge in [-0.15, -0.1) is 11.3 Å². The van der Waals surface area contributed by atoms with Crippen molar-refractivity contribution < 1.29 is 9.53 Å². The number of aromatic nitrogens is 1. The number of hydrogen-bond acceptors (Lipinski definition) is 5. The number of nitrogens with one attached hydrogen (secondary N) is 1. The third-order valence-corrected chi connectivity index (χ3v) is 6.20. The third-order valence-electron chi connectivity index (χ3n) is 4.08. The average Bonchev–Trinajstić information content (AvgIpc) is 3.19. The number of thiophene rings is 1. The van der Waals surface area contributed by atoms with Gasteiger partial charge in [0.25, 0.3) is 0 Å². The lowest BCUT2D eigenvalue weighted by molar-refractivity contribution is -0.140. The molecular formula is C17H18BrN3O2S2. The molecule has 1 aliphatic rings. The zero-order chi connectivity index (χ0) is 17.8. The van der Waals surface area contributed by atoms with Gasteiger partial charge in [0.2, 0.25) is 0 Å². The van der Waals surface area contributed by atoms with Gasteiger partial charge in [-0.3, -0.25) is 9.78 Å². The molecule has 0 saturated carbocycles. The van der Waals surface area contributed by atoms with Crippen LogP contribution in [-0.2, 0) is 9.53 Å². The maximum absolute atomic E-state index is 11.4. The van der Waals surface area contributed by atoms with Gasteiger partial charge in [-0.05, 0) is 52.8 Å². The molecule has 2 aromatic heterocycles. The van der Waals surface area contributed by atoms with Crippen molar-refractivity contribution in [2.45, 2.75) is 24.9 Å². The first-order chi connectivity index (χ1) is 12.1. The number of ether oxygens (including phenoxy) is 1. The van der Waals surface area contributed by atoms with Gasteiger partial charge in [-0.1, -0.05) is 6.07 Å². The van der Waals surface area contributed by atoms with E-state index >= 15 is 0 Å². The number of carbonyl (C=O) groups is 1. The molecule has 0 amide bonds. The first kappa shape index (κ1) is 18.3. The molecular weight excluding hydrogens is 422 g/mol. The lowest BCUT2D eigenvalue weighted by Crippen LogP contribution is -2.30. The predicted molar refractivity (Wildman–Crippen MR) is 105 cm³/mol. The van der Waals surface area contributed by atoms with E-state index in [1.54, 1.807) is 17.5 Å². The van der Waals surface area contributed by atoms with Crippen molar-refractivity contribution in [3.05, 3.63) is 50.9 Å². The molecule has 132 valence electrons. The van der Waals surface area contributed by atoms with Crippen molar-refractivity contribution >= 4 is 50.6 Å². The molecule has 3 rings (SSSR count). The average molecular weight is 440 g/mol. The normalized spacial score (nSPS) is 19.8. The number of methoxy groups -OCH3 is 1. The van der Waals surface area contributed by atoms with E-state index in [0.29, 0.717) is 24.5 Å². The molecule has 0 bridgehead atoms. The van der Waals surface area contributed by atoms with Gasteiger partial charge in [-0.25, -0.2) is 0 Å². The van der Waals surface area contributed by atoms with Crippen LogP contribution in [0.1, 0.15) is 35.5 Å². The van der Waals surface area contributed by atoms with Crippen molar-refractivity contribution in [3.63, 3.8) is 0 Å². The Kier molecular flexibility index (Phi) is 6.03. The Labute approximate surface area is 164 Å². The van der Waals surface area contributed by atoms with Crippen LogP contribution in [0.4, 0.5) is 0 Å². The molecule has 0 aliphatic carbocycles. The summed E-state index contributed by atoms with van der Waals surface area (Å²) in [5.41, 5.74) is 0.954. The van der Waals surface area contributed by atoms with Crippen LogP contribution in [0.25, 0.3) is 0 Å². The SMILES string of the molecule is COC(=O)CCCN1C(=S)NC(c2ccccn2)C1c1cc(Br)cs1. The Morgan fingerprint density at radius 2 is 2.36 bits per heavy atom.